The molecule has 1 aliphatic rings. The number of rotatable bonds is 7. The zero-order valence-electron chi connectivity index (χ0n) is 15.2. The van der Waals surface area contributed by atoms with Crippen LogP contribution in [0, 0.1) is 24.2 Å². The van der Waals surface area contributed by atoms with Crippen molar-refractivity contribution in [2.45, 2.75) is 90.8 Å². The summed E-state index contributed by atoms with van der Waals surface area (Å²) in [4.78, 5) is 0. The molecular formula is C19H39N2S+. The first kappa shape index (κ1) is 20.2. The highest BCUT2D eigenvalue weighted by Gasteiger charge is 2.27. The van der Waals surface area contributed by atoms with Gasteiger partial charge in [0.15, 0.2) is 0 Å². The first-order valence-electron chi connectivity index (χ1n) is 9.42. The number of hydrogen-bond donors (Lipinski definition) is 3. The largest absolute Gasteiger partial charge is 0.327 e. The molecule has 0 saturated heterocycles. The van der Waals surface area contributed by atoms with Crippen molar-refractivity contribution in [1.82, 2.24) is 5.32 Å². The highest BCUT2D eigenvalue weighted by molar-refractivity contribution is 7.80. The summed E-state index contributed by atoms with van der Waals surface area (Å²) in [5.41, 5.74) is 6.38. The third-order valence-corrected chi connectivity index (χ3v) is 6.14. The van der Waals surface area contributed by atoms with Gasteiger partial charge in [0.25, 0.3) is 0 Å². The Labute approximate surface area is 144 Å². The molecule has 1 rings (SSSR count). The van der Waals surface area contributed by atoms with Gasteiger partial charge in [-0.05, 0) is 55.6 Å². The lowest BCUT2D eigenvalue weighted by Gasteiger charge is -2.29. The normalized spacial score (nSPS) is 33.4. The van der Waals surface area contributed by atoms with Crippen LogP contribution in [0.3, 0.4) is 0 Å². The minimum absolute atomic E-state index is 0.341. The Morgan fingerprint density at radius 1 is 1.27 bits per heavy atom. The molecule has 1 fully saturated rings. The summed E-state index contributed by atoms with van der Waals surface area (Å²) in [7, 11) is 0. The maximum Gasteiger partial charge on any atom is 0.103 e. The number of nitrogens with two attached hydrogens (primary N) is 1. The van der Waals surface area contributed by atoms with Gasteiger partial charge in [-0.2, -0.15) is 12.6 Å². The van der Waals surface area contributed by atoms with Gasteiger partial charge in [-0.3, -0.25) is 0 Å². The molecule has 0 heterocycles. The van der Waals surface area contributed by atoms with Crippen molar-refractivity contribution in [3.63, 3.8) is 0 Å². The van der Waals surface area contributed by atoms with Crippen LogP contribution in [-0.4, -0.2) is 23.9 Å². The summed E-state index contributed by atoms with van der Waals surface area (Å²) in [5, 5.41) is 4.00. The number of hydrogen-bond acceptors (Lipinski definition) is 3. The first-order valence-corrected chi connectivity index (χ1v) is 10.0. The molecule has 0 spiro atoms. The molecule has 0 aromatic heterocycles. The van der Waals surface area contributed by atoms with Gasteiger partial charge in [-0.15, -0.1) is 0 Å². The van der Waals surface area contributed by atoms with E-state index in [2.05, 4.69) is 52.1 Å². The van der Waals surface area contributed by atoms with Crippen molar-refractivity contribution in [3.8, 4) is 0 Å². The van der Waals surface area contributed by atoms with Gasteiger partial charge in [0.2, 0.25) is 0 Å². The van der Waals surface area contributed by atoms with E-state index in [0.29, 0.717) is 24.0 Å². The van der Waals surface area contributed by atoms with E-state index in [1.54, 1.807) is 0 Å². The molecule has 130 valence electrons. The Bertz CT molecular complexity index is 285. The van der Waals surface area contributed by atoms with E-state index in [1.807, 2.05) is 0 Å². The fourth-order valence-electron chi connectivity index (χ4n) is 3.75. The van der Waals surface area contributed by atoms with Crippen molar-refractivity contribution in [2.24, 2.45) is 23.5 Å². The predicted octanol–water partition coefficient (Wildman–Crippen LogP) is 4.45. The average Bonchev–Trinajstić information content (AvgIpc) is 2.57. The molecule has 1 aliphatic carbocycles. The van der Waals surface area contributed by atoms with E-state index in [9.17, 15) is 0 Å². The third kappa shape index (κ3) is 6.72. The van der Waals surface area contributed by atoms with Crippen LogP contribution in [0.25, 0.3) is 0 Å². The van der Waals surface area contributed by atoms with Crippen LogP contribution in [0.5, 0.6) is 0 Å². The monoisotopic (exact) mass is 327 g/mol. The van der Waals surface area contributed by atoms with Gasteiger partial charge >= 0.3 is 0 Å². The van der Waals surface area contributed by atoms with E-state index in [-0.39, 0.29) is 0 Å². The third-order valence-electron chi connectivity index (χ3n) is 5.68. The first-order chi connectivity index (χ1) is 10.5. The zero-order chi connectivity index (χ0) is 16.5. The summed E-state index contributed by atoms with van der Waals surface area (Å²) in [6, 6.07) is 1.60. The minimum atomic E-state index is 0.341. The standard InChI is InChI=1S/C19H38N2S/c1-5-7-19(15(4)6-2)21-17-10-9-16(13-22)18(20)11-8-14(3)12-17/h5,14-19,21H,6-13,20H2,1-4H3/p+1. The molecule has 3 N–H and O–H groups in total. The van der Waals surface area contributed by atoms with Crippen molar-refractivity contribution in [3.05, 3.63) is 6.42 Å². The second kappa shape index (κ2) is 10.8. The summed E-state index contributed by atoms with van der Waals surface area (Å²) >= 11 is 4.54. The Kier molecular flexibility index (Phi) is 9.94. The second-order valence-corrected chi connectivity index (χ2v) is 7.97. The van der Waals surface area contributed by atoms with Gasteiger partial charge in [0.05, 0.1) is 19.4 Å². The molecule has 2 nitrogen and oxygen atoms in total. The van der Waals surface area contributed by atoms with E-state index in [0.717, 1.165) is 24.0 Å². The molecule has 0 bridgehead atoms. The predicted molar refractivity (Wildman–Crippen MR) is 102 cm³/mol. The fraction of sp³-hybridized carbons (Fsp3) is 0.947. The Balaban J connectivity index is 2.68. The number of nitrogens with one attached hydrogen (secondary N) is 1. The van der Waals surface area contributed by atoms with Gasteiger partial charge in [-0.25, -0.2) is 0 Å². The lowest BCUT2D eigenvalue weighted by molar-refractivity contribution is 0.280. The Morgan fingerprint density at radius 3 is 2.59 bits per heavy atom. The summed E-state index contributed by atoms with van der Waals surface area (Å²) in [5.74, 6) is 3.02. The molecule has 0 amide bonds. The lowest BCUT2D eigenvalue weighted by Crippen LogP contribution is -2.43. The van der Waals surface area contributed by atoms with Crippen LogP contribution >= 0.6 is 12.6 Å². The van der Waals surface area contributed by atoms with Gasteiger partial charge in [0, 0.05) is 12.1 Å². The van der Waals surface area contributed by atoms with Crippen molar-refractivity contribution >= 4 is 12.6 Å². The van der Waals surface area contributed by atoms with Crippen LogP contribution < -0.4 is 11.1 Å². The smallest absolute Gasteiger partial charge is 0.103 e. The molecule has 1 saturated carbocycles. The molecule has 6 atom stereocenters. The van der Waals surface area contributed by atoms with Gasteiger partial charge in [0.1, 0.15) is 6.42 Å². The van der Waals surface area contributed by atoms with Crippen LogP contribution in [0.15, 0.2) is 0 Å². The molecule has 0 aromatic carbocycles. The number of thiol groups is 1. The summed E-state index contributed by atoms with van der Waals surface area (Å²) in [6.45, 7) is 9.26. The molecule has 22 heavy (non-hydrogen) atoms. The van der Waals surface area contributed by atoms with Gasteiger partial charge < -0.3 is 11.1 Å². The highest BCUT2D eigenvalue weighted by Crippen LogP contribution is 2.27. The highest BCUT2D eigenvalue weighted by atomic mass is 32.1. The zero-order valence-corrected chi connectivity index (χ0v) is 16.1. The van der Waals surface area contributed by atoms with Gasteiger partial charge in [-0.1, -0.05) is 27.2 Å². The summed E-state index contributed by atoms with van der Waals surface area (Å²) in [6.07, 6.45) is 10.9. The van der Waals surface area contributed by atoms with E-state index in [1.165, 1.54) is 38.5 Å². The molecule has 3 heteroatoms. The average molecular weight is 328 g/mol. The van der Waals surface area contributed by atoms with E-state index in [4.69, 9.17) is 5.73 Å². The second-order valence-electron chi connectivity index (χ2n) is 7.60. The lowest BCUT2D eigenvalue weighted by atomic mass is 9.90. The summed E-state index contributed by atoms with van der Waals surface area (Å²) < 4.78 is 0. The quantitative estimate of drug-likeness (QED) is 0.477. The van der Waals surface area contributed by atoms with E-state index < -0.39 is 0 Å². The fourth-order valence-corrected chi connectivity index (χ4v) is 4.20. The van der Waals surface area contributed by atoms with Crippen molar-refractivity contribution < 1.29 is 0 Å². The molecule has 0 radical (unpaired) electrons. The molecule has 0 aromatic rings. The van der Waals surface area contributed by atoms with Crippen molar-refractivity contribution in [1.29, 1.82) is 0 Å². The maximum absolute atomic E-state index is 6.38. The molecular weight excluding hydrogens is 288 g/mol. The minimum Gasteiger partial charge on any atom is -0.327 e. The van der Waals surface area contributed by atoms with E-state index >= 15 is 0 Å². The molecule has 6 unspecified atom stereocenters. The Morgan fingerprint density at radius 2 is 2.00 bits per heavy atom. The van der Waals surface area contributed by atoms with Crippen LogP contribution in [0.1, 0.15) is 72.6 Å². The van der Waals surface area contributed by atoms with Crippen LogP contribution in [-0.2, 0) is 0 Å². The van der Waals surface area contributed by atoms with Crippen molar-refractivity contribution in [2.75, 3.05) is 5.75 Å². The SMILES string of the molecule is C[CH+]CC(NC1CCC(CS)C(N)CCC(C)C1)C(C)CC. The molecule has 0 aliphatic heterocycles. The topological polar surface area (TPSA) is 38.0 Å². The Hall–Kier alpha value is 0.140. The van der Waals surface area contributed by atoms with Crippen LogP contribution in [0.2, 0.25) is 0 Å². The maximum atomic E-state index is 6.38. The van der Waals surface area contributed by atoms with Crippen LogP contribution in [0.4, 0.5) is 0 Å².